The lowest BCUT2D eigenvalue weighted by Gasteiger charge is -2.38. The van der Waals surface area contributed by atoms with Gasteiger partial charge in [0.2, 0.25) is 5.95 Å². The number of rotatable bonds is 7. The van der Waals surface area contributed by atoms with E-state index in [9.17, 15) is 9.18 Å². The highest BCUT2D eigenvalue weighted by Gasteiger charge is 2.37. The van der Waals surface area contributed by atoms with Gasteiger partial charge in [-0.25, -0.2) is 24.3 Å². The fourth-order valence-corrected chi connectivity index (χ4v) is 4.40. The molecule has 1 unspecified atom stereocenters. The first-order valence-electron chi connectivity index (χ1n) is 11.4. The SMILES string of the molecule is COc1ncc(-c2cc(F)ccc2C2Cc3nc(N)nc(C)c3C(=O)N2CCC(C)C)nc1OC. The molecule has 0 radical (unpaired) electrons. The van der Waals surface area contributed by atoms with Crippen molar-refractivity contribution in [3.8, 4) is 23.0 Å². The average molecular weight is 481 g/mol. The summed E-state index contributed by atoms with van der Waals surface area (Å²) in [7, 11) is 2.92. The van der Waals surface area contributed by atoms with E-state index >= 15 is 0 Å². The van der Waals surface area contributed by atoms with E-state index in [1.807, 2.05) is 4.90 Å². The zero-order valence-electron chi connectivity index (χ0n) is 20.5. The summed E-state index contributed by atoms with van der Waals surface area (Å²) in [6, 6.07) is 4.05. The standard InChI is InChI=1S/C25H29FN6O3/c1-13(2)8-9-32-20(11-18-21(24(32)33)14(3)29-25(27)31-18)16-7-6-15(26)10-17(16)19-12-28-22(34-4)23(30-19)35-5/h6-7,10,12-13,20H,8-9,11H2,1-5H3,(H2,27,29,31). The summed E-state index contributed by atoms with van der Waals surface area (Å²) in [5, 5.41) is 0. The molecule has 0 aliphatic carbocycles. The molecule has 1 amide bonds. The van der Waals surface area contributed by atoms with Crippen LogP contribution >= 0.6 is 0 Å². The smallest absolute Gasteiger partial charge is 0.278 e. The molecule has 0 fully saturated rings. The number of anilines is 1. The van der Waals surface area contributed by atoms with Crippen molar-refractivity contribution >= 4 is 11.9 Å². The number of aromatic nitrogens is 4. The van der Waals surface area contributed by atoms with E-state index in [2.05, 4.69) is 33.8 Å². The fourth-order valence-electron chi connectivity index (χ4n) is 4.40. The van der Waals surface area contributed by atoms with E-state index in [-0.39, 0.29) is 23.6 Å². The summed E-state index contributed by atoms with van der Waals surface area (Å²) in [5.41, 5.74) is 9.15. The van der Waals surface area contributed by atoms with Crippen molar-refractivity contribution in [1.82, 2.24) is 24.8 Å². The number of ether oxygens (including phenoxy) is 2. The van der Waals surface area contributed by atoms with Gasteiger partial charge in [0.25, 0.3) is 17.7 Å². The first-order chi connectivity index (χ1) is 16.7. The highest BCUT2D eigenvalue weighted by Crippen LogP contribution is 2.39. The third kappa shape index (κ3) is 4.73. The van der Waals surface area contributed by atoms with E-state index in [1.165, 1.54) is 32.5 Å². The fraction of sp³-hybridized carbons (Fsp3) is 0.400. The van der Waals surface area contributed by atoms with Crippen LogP contribution in [0, 0.1) is 18.7 Å². The van der Waals surface area contributed by atoms with Crippen molar-refractivity contribution in [3.63, 3.8) is 0 Å². The van der Waals surface area contributed by atoms with Gasteiger partial charge >= 0.3 is 0 Å². The number of carbonyl (C=O) groups is 1. The molecule has 184 valence electrons. The first kappa shape index (κ1) is 24.3. The number of methoxy groups -OCH3 is 2. The lowest BCUT2D eigenvalue weighted by atomic mass is 9.88. The van der Waals surface area contributed by atoms with Gasteiger partial charge in [0.05, 0.1) is 49.1 Å². The number of nitrogen functional groups attached to an aromatic ring is 1. The zero-order valence-corrected chi connectivity index (χ0v) is 20.5. The van der Waals surface area contributed by atoms with E-state index in [1.54, 1.807) is 13.0 Å². The van der Waals surface area contributed by atoms with Gasteiger partial charge in [-0.05, 0) is 37.0 Å². The zero-order chi connectivity index (χ0) is 25.3. The number of fused-ring (bicyclic) bond motifs is 1. The van der Waals surface area contributed by atoms with E-state index in [0.717, 1.165) is 12.0 Å². The third-order valence-corrected chi connectivity index (χ3v) is 6.11. The van der Waals surface area contributed by atoms with Crippen molar-refractivity contribution in [1.29, 1.82) is 0 Å². The van der Waals surface area contributed by atoms with E-state index in [0.29, 0.717) is 47.1 Å². The van der Waals surface area contributed by atoms with Gasteiger partial charge in [-0.15, -0.1) is 0 Å². The number of hydrogen-bond donors (Lipinski definition) is 1. The number of amides is 1. The Bertz CT molecular complexity index is 1270. The van der Waals surface area contributed by atoms with Crippen LogP contribution < -0.4 is 15.2 Å². The molecular formula is C25H29FN6O3. The summed E-state index contributed by atoms with van der Waals surface area (Å²) < 4.78 is 25.0. The number of nitrogens with zero attached hydrogens (tertiary/aromatic N) is 5. The minimum Gasteiger partial charge on any atom is -0.477 e. The van der Waals surface area contributed by atoms with Gasteiger partial charge in [0.1, 0.15) is 5.82 Å². The molecule has 4 rings (SSSR count). The summed E-state index contributed by atoms with van der Waals surface area (Å²) in [6.45, 7) is 6.50. The largest absolute Gasteiger partial charge is 0.477 e. The van der Waals surface area contributed by atoms with Crippen molar-refractivity contribution < 1.29 is 18.7 Å². The van der Waals surface area contributed by atoms with Gasteiger partial charge in [0, 0.05) is 18.5 Å². The molecular weight excluding hydrogens is 451 g/mol. The number of hydrogen-bond acceptors (Lipinski definition) is 8. The van der Waals surface area contributed by atoms with Crippen LogP contribution in [0.25, 0.3) is 11.3 Å². The molecule has 1 aliphatic heterocycles. The molecule has 3 heterocycles. The number of benzene rings is 1. The van der Waals surface area contributed by atoms with Crippen LogP contribution in [-0.2, 0) is 6.42 Å². The number of aryl methyl sites for hydroxylation is 1. The summed E-state index contributed by atoms with van der Waals surface area (Å²) in [5.74, 6) is 0.309. The molecule has 0 bridgehead atoms. The second-order valence-electron chi connectivity index (χ2n) is 8.90. The summed E-state index contributed by atoms with van der Waals surface area (Å²) >= 11 is 0. The molecule has 1 aromatic carbocycles. The first-order valence-corrected chi connectivity index (χ1v) is 11.4. The predicted molar refractivity (Wildman–Crippen MR) is 129 cm³/mol. The Morgan fingerprint density at radius 1 is 1.17 bits per heavy atom. The molecule has 9 nitrogen and oxygen atoms in total. The molecule has 10 heteroatoms. The predicted octanol–water partition coefficient (Wildman–Crippen LogP) is 3.77. The quantitative estimate of drug-likeness (QED) is 0.543. The molecule has 1 aliphatic rings. The molecule has 0 spiro atoms. The Morgan fingerprint density at radius 3 is 2.60 bits per heavy atom. The van der Waals surface area contributed by atoms with Gasteiger partial charge < -0.3 is 20.1 Å². The molecule has 1 atom stereocenters. The third-order valence-electron chi connectivity index (χ3n) is 6.11. The van der Waals surface area contributed by atoms with Crippen LogP contribution in [-0.4, -0.2) is 51.5 Å². The maximum atomic E-state index is 14.5. The Balaban J connectivity index is 1.88. The van der Waals surface area contributed by atoms with Crippen molar-refractivity contribution in [2.24, 2.45) is 5.92 Å². The Hall–Kier alpha value is -3.82. The van der Waals surface area contributed by atoms with Crippen molar-refractivity contribution in [2.45, 2.75) is 39.7 Å². The van der Waals surface area contributed by atoms with Gasteiger partial charge in [-0.3, -0.25) is 4.79 Å². The molecule has 2 N–H and O–H groups in total. The highest BCUT2D eigenvalue weighted by molar-refractivity contribution is 5.98. The average Bonchev–Trinajstić information content (AvgIpc) is 2.82. The van der Waals surface area contributed by atoms with E-state index in [4.69, 9.17) is 15.2 Å². The Morgan fingerprint density at radius 2 is 1.91 bits per heavy atom. The van der Waals surface area contributed by atoms with Crippen molar-refractivity contribution in [2.75, 3.05) is 26.5 Å². The number of carbonyl (C=O) groups excluding carboxylic acids is 1. The normalized spacial score (nSPS) is 15.3. The minimum atomic E-state index is -0.431. The molecule has 35 heavy (non-hydrogen) atoms. The van der Waals surface area contributed by atoms with Crippen LogP contribution in [0.5, 0.6) is 11.8 Å². The van der Waals surface area contributed by atoms with Crippen LogP contribution in [0.4, 0.5) is 10.3 Å². The highest BCUT2D eigenvalue weighted by atomic mass is 19.1. The lowest BCUT2D eigenvalue weighted by molar-refractivity contribution is 0.0633. The Kier molecular flexibility index (Phi) is 6.81. The van der Waals surface area contributed by atoms with Crippen molar-refractivity contribution in [3.05, 3.63) is 52.7 Å². The Labute approximate surface area is 203 Å². The van der Waals surface area contributed by atoms with Gasteiger partial charge in [-0.1, -0.05) is 19.9 Å². The second-order valence-corrected chi connectivity index (χ2v) is 8.90. The van der Waals surface area contributed by atoms with Crippen LogP contribution in [0.15, 0.2) is 24.4 Å². The minimum absolute atomic E-state index is 0.119. The van der Waals surface area contributed by atoms with Gasteiger partial charge in [-0.2, -0.15) is 0 Å². The van der Waals surface area contributed by atoms with Crippen LogP contribution in [0.2, 0.25) is 0 Å². The maximum Gasteiger partial charge on any atom is 0.278 e. The maximum absolute atomic E-state index is 14.5. The van der Waals surface area contributed by atoms with Gasteiger partial charge in [0.15, 0.2) is 0 Å². The summed E-state index contributed by atoms with van der Waals surface area (Å²) in [4.78, 5) is 32.9. The topological polar surface area (TPSA) is 116 Å². The lowest BCUT2D eigenvalue weighted by Crippen LogP contribution is -2.42. The second kappa shape index (κ2) is 9.81. The van der Waals surface area contributed by atoms with E-state index < -0.39 is 11.9 Å². The summed E-state index contributed by atoms with van der Waals surface area (Å²) in [6.07, 6.45) is 2.71. The monoisotopic (exact) mass is 480 g/mol. The number of nitrogens with two attached hydrogens (primary N) is 1. The molecule has 0 saturated carbocycles. The number of halogens is 1. The van der Waals surface area contributed by atoms with Crippen LogP contribution in [0.1, 0.15) is 53.6 Å². The molecule has 3 aromatic rings. The molecule has 0 saturated heterocycles. The van der Waals surface area contributed by atoms with Crippen LogP contribution in [0.3, 0.4) is 0 Å². The molecule has 2 aromatic heterocycles.